The molecule has 5 rings (SSSR count). The molecule has 8 heteroatoms. The van der Waals surface area contributed by atoms with Crippen molar-refractivity contribution in [2.75, 3.05) is 11.1 Å². The predicted octanol–water partition coefficient (Wildman–Crippen LogP) is 4.36. The average molecular weight is 474 g/mol. The second-order valence-electron chi connectivity index (χ2n) is 9.14. The molecule has 34 heavy (non-hydrogen) atoms. The van der Waals surface area contributed by atoms with Crippen molar-refractivity contribution in [3.8, 4) is 11.3 Å². The highest BCUT2D eigenvalue weighted by molar-refractivity contribution is 7.99. The van der Waals surface area contributed by atoms with Crippen LogP contribution in [0, 0.1) is 6.92 Å². The normalized spacial score (nSPS) is 16.8. The number of amides is 1. The zero-order valence-electron chi connectivity index (χ0n) is 19.8. The van der Waals surface area contributed by atoms with Gasteiger partial charge in [0.05, 0.1) is 17.0 Å². The summed E-state index contributed by atoms with van der Waals surface area (Å²) in [7, 11) is 1.78. The number of aryl methyl sites for hydroxylation is 2. The summed E-state index contributed by atoms with van der Waals surface area (Å²) in [5.74, 6) is 0.457. The largest absolute Gasteiger partial charge is 0.325 e. The van der Waals surface area contributed by atoms with E-state index in [2.05, 4.69) is 30.3 Å². The molecule has 0 saturated heterocycles. The van der Waals surface area contributed by atoms with Crippen LogP contribution in [-0.2, 0) is 23.7 Å². The van der Waals surface area contributed by atoms with Gasteiger partial charge in [-0.2, -0.15) is 0 Å². The van der Waals surface area contributed by atoms with Gasteiger partial charge in [0.1, 0.15) is 0 Å². The maximum absolute atomic E-state index is 13.9. The first-order valence-corrected chi connectivity index (χ1v) is 12.4. The number of rotatable bonds is 5. The Hall–Kier alpha value is -3.39. The molecule has 0 fully saturated rings. The molecule has 0 radical (unpaired) electrons. The van der Waals surface area contributed by atoms with E-state index >= 15 is 0 Å². The van der Waals surface area contributed by atoms with Gasteiger partial charge in [-0.15, -0.1) is 5.10 Å². The third kappa shape index (κ3) is 3.72. The lowest BCUT2D eigenvalue weighted by molar-refractivity contribution is -0.113. The van der Waals surface area contributed by atoms with E-state index in [1.54, 1.807) is 16.1 Å². The molecule has 2 aromatic carbocycles. The quantitative estimate of drug-likeness (QED) is 0.436. The van der Waals surface area contributed by atoms with Gasteiger partial charge in [0, 0.05) is 23.7 Å². The fraction of sp³-hybridized carbons (Fsp3) is 0.308. The Balaban J connectivity index is 1.54. The Labute approximate surface area is 202 Å². The van der Waals surface area contributed by atoms with Crippen LogP contribution in [-0.4, -0.2) is 30.8 Å². The number of fused-ring (bicyclic) bond motifs is 4. The van der Waals surface area contributed by atoms with Gasteiger partial charge in [-0.05, 0) is 43.0 Å². The van der Waals surface area contributed by atoms with Crippen molar-refractivity contribution in [2.24, 2.45) is 7.05 Å². The molecule has 0 bridgehead atoms. The second kappa shape index (κ2) is 8.43. The van der Waals surface area contributed by atoms with Gasteiger partial charge in [-0.25, -0.2) is 14.1 Å². The van der Waals surface area contributed by atoms with Crippen molar-refractivity contribution in [3.63, 3.8) is 0 Å². The van der Waals surface area contributed by atoms with E-state index in [9.17, 15) is 9.59 Å². The molecule has 174 valence electrons. The average Bonchev–Trinajstić information content (AvgIpc) is 3.13. The summed E-state index contributed by atoms with van der Waals surface area (Å²) in [5.41, 5.74) is 5.09. The summed E-state index contributed by atoms with van der Waals surface area (Å²) < 4.78 is 3.17. The third-order valence-electron chi connectivity index (χ3n) is 6.65. The number of hydrogen-bond acceptors (Lipinski definition) is 5. The van der Waals surface area contributed by atoms with Crippen molar-refractivity contribution >= 4 is 29.1 Å². The molecule has 1 aliphatic rings. The van der Waals surface area contributed by atoms with Gasteiger partial charge >= 0.3 is 0 Å². The lowest BCUT2D eigenvalue weighted by Gasteiger charge is -2.34. The Bertz CT molecular complexity index is 1490. The van der Waals surface area contributed by atoms with E-state index < -0.39 is 0 Å². The number of carbonyl (C=O) groups excluding carboxylic acids is 1. The van der Waals surface area contributed by atoms with Crippen molar-refractivity contribution in [3.05, 3.63) is 75.6 Å². The van der Waals surface area contributed by atoms with Gasteiger partial charge in [-0.3, -0.25) is 9.59 Å². The molecule has 4 aromatic rings. The minimum Gasteiger partial charge on any atom is -0.325 e. The van der Waals surface area contributed by atoms with Crippen LogP contribution in [0.25, 0.3) is 17.0 Å². The van der Waals surface area contributed by atoms with Gasteiger partial charge in [0.2, 0.25) is 11.7 Å². The van der Waals surface area contributed by atoms with E-state index in [1.165, 1.54) is 17.3 Å². The molecular formula is C26H27N5O2S. The zero-order chi connectivity index (χ0) is 24.0. The summed E-state index contributed by atoms with van der Waals surface area (Å²) in [5, 5.41) is 7.92. The standard InChI is InChI=1S/C26H27N5O2S/c1-5-26(3)14-17-10-6-7-12-19(17)22-21(26)23(33)31-24(28-22)30(4)29-25(31)34-15-20(32)27-18-11-8-9-16(2)13-18/h6-13H,5,14-15H2,1-4H3,(H,27,32)/t26-/m0/s1. The Morgan fingerprint density at radius 3 is 2.76 bits per heavy atom. The van der Waals surface area contributed by atoms with Crippen LogP contribution in [0.5, 0.6) is 0 Å². The van der Waals surface area contributed by atoms with Crippen LogP contribution in [0.2, 0.25) is 0 Å². The minimum atomic E-state index is -0.324. The number of benzene rings is 2. The van der Waals surface area contributed by atoms with E-state index in [-0.39, 0.29) is 22.6 Å². The third-order valence-corrected chi connectivity index (χ3v) is 7.58. The van der Waals surface area contributed by atoms with Crippen molar-refractivity contribution in [2.45, 2.75) is 44.2 Å². The summed E-state index contributed by atoms with van der Waals surface area (Å²) >= 11 is 1.24. The number of thioether (sulfide) groups is 1. The van der Waals surface area contributed by atoms with Crippen molar-refractivity contribution < 1.29 is 4.79 Å². The molecule has 2 aromatic heterocycles. The number of hydrogen-bond donors (Lipinski definition) is 1. The van der Waals surface area contributed by atoms with Crippen LogP contribution in [0.4, 0.5) is 5.69 Å². The summed E-state index contributed by atoms with van der Waals surface area (Å²) in [4.78, 5) is 31.4. The summed E-state index contributed by atoms with van der Waals surface area (Å²) in [6.07, 6.45) is 1.61. The highest BCUT2D eigenvalue weighted by Gasteiger charge is 2.38. The van der Waals surface area contributed by atoms with E-state index in [0.717, 1.165) is 40.9 Å². The number of aromatic nitrogens is 4. The lowest BCUT2D eigenvalue weighted by atomic mass is 9.69. The van der Waals surface area contributed by atoms with Gasteiger partial charge < -0.3 is 5.32 Å². The molecule has 1 amide bonds. The first-order chi connectivity index (χ1) is 16.3. The van der Waals surface area contributed by atoms with E-state index in [0.29, 0.717) is 10.9 Å². The molecule has 1 aliphatic carbocycles. The maximum Gasteiger partial charge on any atom is 0.265 e. The first kappa shape index (κ1) is 22.4. The number of nitrogens with zero attached hydrogens (tertiary/aromatic N) is 4. The predicted molar refractivity (Wildman–Crippen MR) is 136 cm³/mol. The maximum atomic E-state index is 13.9. The Kier molecular flexibility index (Phi) is 5.56. The van der Waals surface area contributed by atoms with Gasteiger partial charge in [0.15, 0.2) is 5.16 Å². The lowest BCUT2D eigenvalue weighted by Crippen LogP contribution is -2.37. The summed E-state index contributed by atoms with van der Waals surface area (Å²) in [6.45, 7) is 6.23. The second-order valence-corrected chi connectivity index (χ2v) is 10.1. The highest BCUT2D eigenvalue weighted by atomic mass is 32.2. The molecule has 0 spiro atoms. The molecule has 0 saturated carbocycles. The fourth-order valence-electron chi connectivity index (χ4n) is 4.72. The number of carbonyl (C=O) groups is 1. The molecule has 0 unspecified atom stereocenters. The van der Waals surface area contributed by atoms with Crippen LogP contribution < -0.4 is 10.9 Å². The Morgan fingerprint density at radius 1 is 1.21 bits per heavy atom. The highest BCUT2D eigenvalue weighted by Crippen LogP contribution is 2.42. The van der Waals surface area contributed by atoms with Gasteiger partial charge in [0.25, 0.3) is 5.56 Å². The molecule has 0 aliphatic heterocycles. The molecule has 1 N–H and O–H groups in total. The van der Waals surface area contributed by atoms with E-state index in [4.69, 9.17) is 4.98 Å². The molecule has 7 nitrogen and oxygen atoms in total. The molecular weight excluding hydrogens is 446 g/mol. The van der Waals surface area contributed by atoms with Crippen molar-refractivity contribution in [1.29, 1.82) is 0 Å². The SMILES string of the molecule is CC[C@@]1(C)Cc2ccccc2-c2nc3n(C)nc(SCC(=O)Nc4cccc(C)c4)n3c(=O)c21. The van der Waals surface area contributed by atoms with Crippen LogP contribution in [0.15, 0.2) is 58.5 Å². The smallest absolute Gasteiger partial charge is 0.265 e. The minimum absolute atomic E-state index is 0.103. The van der Waals surface area contributed by atoms with Crippen molar-refractivity contribution in [1.82, 2.24) is 19.2 Å². The van der Waals surface area contributed by atoms with Crippen LogP contribution in [0.1, 0.15) is 37.0 Å². The van der Waals surface area contributed by atoms with E-state index in [1.807, 2.05) is 49.4 Å². The summed E-state index contributed by atoms with van der Waals surface area (Å²) in [6, 6.07) is 15.8. The Morgan fingerprint density at radius 2 is 2.00 bits per heavy atom. The fourth-order valence-corrected chi connectivity index (χ4v) is 5.52. The monoisotopic (exact) mass is 473 g/mol. The number of nitrogens with one attached hydrogen (secondary N) is 1. The topological polar surface area (TPSA) is 81.3 Å². The molecule has 1 atom stereocenters. The zero-order valence-corrected chi connectivity index (χ0v) is 20.6. The van der Waals surface area contributed by atoms with Crippen LogP contribution >= 0.6 is 11.8 Å². The van der Waals surface area contributed by atoms with Crippen LogP contribution in [0.3, 0.4) is 0 Å². The van der Waals surface area contributed by atoms with Gasteiger partial charge in [-0.1, -0.05) is 62.0 Å². The number of anilines is 1. The molecule has 2 heterocycles. The first-order valence-electron chi connectivity index (χ1n) is 11.4.